The van der Waals surface area contributed by atoms with Crippen LogP contribution in [0.5, 0.6) is 11.5 Å². The normalized spacial score (nSPS) is 10.6. The lowest BCUT2D eigenvalue weighted by molar-refractivity contribution is 0.0991. The highest BCUT2D eigenvalue weighted by Gasteiger charge is 2.14. The van der Waals surface area contributed by atoms with Crippen LogP contribution in [0, 0.1) is 6.92 Å². The minimum absolute atomic E-state index is 0.152. The predicted molar refractivity (Wildman–Crippen MR) is 114 cm³/mol. The van der Waals surface area contributed by atoms with Gasteiger partial charge >= 0.3 is 0 Å². The van der Waals surface area contributed by atoms with Crippen LogP contribution in [0.2, 0.25) is 0 Å². The fraction of sp³-hybridized carbons (Fsp3) is 0.174. The van der Waals surface area contributed by atoms with Crippen molar-refractivity contribution in [2.45, 2.75) is 20.1 Å². The summed E-state index contributed by atoms with van der Waals surface area (Å²) in [6.07, 6.45) is 1.58. The Morgan fingerprint density at radius 1 is 1.10 bits per heavy atom. The van der Waals surface area contributed by atoms with Crippen molar-refractivity contribution in [1.29, 1.82) is 0 Å². The van der Waals surface area contributed by atoms with Crippen LogP contribution in [0.25, 0.3) is 0 Å². The van der Waals surface area contributed by atoms with Crippen molar-refractivity contribution in [3.8, 4) is 11.5 Å². The van der Waals surface area contributed by atoms with Gasteiger partial charge in [-0.2, -0.15) is 0 Å². The Morgan fingerprint density at radius 3 is 2.77 bits per heavy atom. The zero-order chi connectivity index (χ0) is 21.6. The SMILES string of the molecule is COc1cccc(OCc2ccc(C(=O)Nc3ncn(Cc4cccc(C)c4)n3)o2)c1. The molecule has 1 amide bonds. The summed E-state index contributed by atoms with van der Waals surface area (Å²) >= 11 is 0. The Morgan fingerprint density at radius 2 is 1.94 bits per heavy atom. The summed E-state index contributed by atoms with van der Waals surface area (Å²) in [5.74, 6) is 1.80. The molecule has 31 heavy (non-hydrogen) atoms. The van der Waals surface area contributed by atoms with Crippen LogP contribution < -0.4 is 14.8 Å². The number of benzene rings is 2. The average Bonchev–Trinajstić information content (AvgIpc) is 3.42. The maximum atomic E-state index is 12.4. The number of aryl methyl sites for hydroxylation is 1. The number of methoxy groups -OCH3 is 1. The minimum atomic E-state index is -0.430. The molecule has 0 unspecified atom stereocenters. The smallest absolute Gasteiger partial charge is 0.293 e. The number of ether oxygens (including phenoxy) is 2. The maximum absolute atomic E-state index is 12.4. The molecule has 158 valence electrons. The van der Waals surface area contributed by atoms with Crippen molar-refractivity contribution in [3.63, 3.8) is 0 Å². The van der Waals surface area contributed by atoms with Crippen molar-refractivity contribution in [3.05, 3.63) is 89.6 Å². The molecule has 0 saturated heterocycles. The highest BCUT2D eigenvalue weighted by molar-refractivity contribution is 6.01. The molecular formula is C23H22N4O4. The summed E-state index contributed by atoms with van der Waals surface area (Å²) in [5.41, 5.74) is 2.28. The van der Waals surface area contributed by atoms with Crippen molar-refractivity contribution >= 4 is 11.9 Å². The zero-order valence-corrected chi connectivity index (χ0v) is 17.2. The first-order valence-corrected chi connectivity index (χ1v) is 9.71. The third-order valence-corrected chi connectivity index (χ3v) is 4.50. The van der Waals surface area contributed by atoms with Gasteiger partial charge in [0, 0.05) is 6.07 Å². The van der Waals surface area contributed by atoms with E-state index in [1.54, 1.807) is 36.3 Å². The first kappa shape index (κ1) is 20.2. The van der Waals surface area contributed by atoms with Crippen molar-refractivity contribution in [2.24, 2.45) is 0 Å². The van der Waals surface area contributed by atoms with E-state index < -0.39 is 5.91 Å². The molecule has 2 aromatic heterocycles. The van der Waals surface area contributed by atoms with E-state index in [-0.39, 0.29) is 18.3 Å². The summed E-state index contributed by atoms with van der Waals surface area (Å²) in [5, 5.41) is 6.94. The fourth-order valence-electron chi connectivity index (χ4n) is 3.01. The third kappa shape index (κ3) is 5.30. The van der Waals surface area contributed by atoms with Gasteiger partial charge in [-0.05, 0) is 36.8 Å². The van der Waals surface area contributed by atoms with Crippen LogP contribution in [0.1, 0.15) is 27.4 Å². The Labute approximate surface area is 179 Å². The van der Waals surface area contributed by atoms with E-state index >= 15 is 0 Å². The summed E-state index contributed by atoms with van der Waals surface area (Å²) in [6.45, 7) is 2.79. The second kappa shape index (κ2) is 9.17. The number of hydrogen-bond donors (Lipinski definition) is 1. The van der Waals surface area contributed by atoms with E-state index in [1.807, 2.05) is 43.3 Å². The van der Waals surface area contributed by atoms with Gasteiger partial charge in [-0.1, -0.05) is 35.9 Å². The van der Waals surface area contributed by atoms with Gasteiger partial charge in [-0.25, -0.2) is 9.67 Å². The molecule has 1 N–H and O–H groups in total. The number of aromatic nitrogens is 3. The summed E-state index contributed by atoms with van der Waals surface area (Å²) in [4.78, 5) is 16.6. The Balaban J connectivity index is 1.33. The van der Waals surface area contributed by atoms with Gasteiger partial charge in [-0.3, -0.25) is 10.1 Å². The number of nitrogens with one attached hydrogen (secondary N) is 1. The van der Waals surface area contributed by atoms with Crippen molar-refractivity contribution in [1.82, 2.24) is 14.8 Å². The Kier molecular flexibility index (Phi) is 5.98. The van der Waals surface area contributed by atoms with Crippen LogP contribution in [-0.4, -0.2) is 27.8 Å². The first-order valence-electron chi connectivity index (χ1n) is 9.71. The quantitative estimate of drug-likeness (QED) is 0.464. The van der Waals surface area contributed by atoms with Gasteiger partial charge in [0.2, 0.25) is 5.95 Å². The molecule has 4 aromatic rings. The van der Waals surface area contributed by atoms with E-state index in [2.05, 4.69) is 21.5 Å². The topological polar surface area (TPSA) is 91.4 Å². The molecule has 0 aliphatic heterocycles. The summed E-state index contributed by atoms with van der Waals surface area (Å²) in [7, 11) is 1.59. The minimum Gasteiger partial charge on any atom is -0.497 e. The molecule has 0 radical (unpaired) electrons. The first-order chi connectivity index (χ1) is 15.1. The van der Waals surface area contributed by atoms with Gasteiger partial charge in [0.05, 0.1) is 13.7 Å². The van der Waals surface area contributed by atoms with Crippen LogP contribution >= 0.6 is 0 Å². The molecule has 0 bridgehead atoms. The van der Waals surface area contributed by atoms with Gasteiger partial charge in [-0.15, -0.1) is 5.10 Å². The zero-order valence-electron chi connectivity index (χ0n) is 17.2. The fourth-order valence-corrected chi connectivity index (χ4v) is 3.01. The monoisotopic (exact) mass is 418 g/mol. The number of furan rings is 1. The molecule has 4 rings (SSSR count). The maximum Gasteiger partial charge on any atom is 0.293 e. The van der Waals surface area contributed by atoms with E-state index in [1.165, 1.54) is 5.56 Å². The highest BCUT2D eigenvalue weighted by Crippen LogP contribution is 2.20. The Hall–Kier alpha value is -4.07. The van der Waals surface area contributed by atoms with Crippen LogP contribution in [-0.2, 0) is 13.2 Å². The van der Waals surface area contributed by atoms with Crippen LogP contribution in [0.4, 0.5) is 5.95 Å². The summed E-state index contributed by atoms with van der Waals surface area (Å²) in [6, 6.07) is 18.7. The van der Waals surface area contributed by atoms with Crippen LogP contribution in [0.3, 0.4) is 0 Å². The van der Waals surface area contributed by atoms with Crippen LogP contribution in [0.15, 0.2) is 71.4 Å². The lowest BCUT2D eigenvalue weighted by atomic mass is 10.1. The standard InChI is InChI=1S/C23H22N4O4/c1-16-5-3-6-17(11-16)13-27-15-24-23(26-27)25-22(28)21-10-9-20(31-21)14-30-19-8-4-7-18(12-19)29-2/h3-12,15H,13-14H2,1-2H3,(H,25,26,28). The van der Waals surface area contributed by atoms with E-state index in [0.29, 0.717) is 23.8 Å². The number of amides is 1. The van der Waals surface area contributed by atoms with E-state index in [0.717, 1.165) is 5.56 Å². The lowest BCUT2D eigenvalue weighted by Crippen LogP contribution is -2.12. The molecule has 8 heteroatoms. The number of rotatable bonds is 8. The third-order valence-electron chi connectivity index (χ3n) is 4.50. The predicted octanol–water partition coefficient (Wildman–Crippen LogP) is 4.07. The molecule has 2 aromatic carbocycles. The van der Waals surface area contributed by atoms with Crippen molar-refractivity contribution < 1.29 is 18.7 Å². The van der Waals surface area contributed by atoms with E-state index in [4.69, 9.17) is 13.9 Å². The number of nitrogens with zero attached hydrogens (tertiary/aromatic N) is 3. The Bertz CT molecular complexity index is 1180. The number of anilines is 1. The molecule has 0 fully saturated rings. The number of hydrogen-bond acceptors (Lipinski definition) is 6. The molecule has 0 spiro atoms. The second-order valence-electron chi connectivity index (χ2n) is 6.94. The summed E-state index contributed by atoms with van der Waals surface area (Å²) < 4.78 is 18.1. The molecular weight excluding hydrogens is 396 g/mol. The van der Waals surface area contributed by atoms with Gasteiger partial charge in [0.25, 0.3) is 5.91 Å². The highest BCUT2D eigenvalue weighted by atomic mass is 16.5. The van der Waals surface area contributed by atoms with Gasteiger partial charge in [0.15, 0.2) is 5.76 Å². The molecule has 0 aliphatic rings. The van der Waals surface area contributed by atoms with E-state index in [9.17, 15) is 4.79 Å². The number of carbonyl (C=O) groups is 1. The molecule has 0 aliphatic carbocycles. The largest absolute Gasteiger partial charge is 0.497 e. The molecule has 2 heterocycles. The van der Waals surface area contributed by atoms with Gasteiger partial charge < -0.3 is 13.9 Å². The molecule has 8 nitrogen and oxygen atoms in total. The van der Waals surface area contributed by atoms with Crippen molar-refractivity contribution in [2.75, 3.05) is 12.4 Å². The molecule has 0 saturated carbocycles. The van der Waals surface area contributed by atoms with Gasteiger partial charge in [0.1, 0.15) is 30.2 Å². The molecule has 0 atom stereocenters. The lowest BCUT2D eigenvalue weighted by Gasteiger charge is -2.06. The second-order valence-corrected chi connectivity index (χ2v) is 6.94. The average molecular weight is 418 g/mol. The number of carbonyl (C=O) groups excluding carboxylic acids is 1.